The van der Waals surface area contributed by atoms with Crippen molar-refractivity contribution in [2.45, 2.75) is 31.6 Å². The minimum Gasteiger partial charge on any atom is -0.463 e. The standard InChI is InChI=1S/C10H14N4O3/c11-9(15)7-3-1-6(2-4-7)8-5-14(10(16)17)13-12-8/h5-7H,1-4H2,(H2,11,15)(H,16,17). The van der Waals surface area contributed by atoms with E-state index in [1.165, 1.54) is 6.20 Å². The Balaban J connectivity index is 2.00. The first-order valence-electron chi connectivity index (χ1n) is 5.52. The predicted molar refractivity (Wildman–Crippen MR) is 57.3 cm³/mol. The van der Waals surface area contributed by atoms with Gasteiger partial charge in [0.15, 0.2) is 0 Å². The van der Waals surface area contributed by atoms with Gasteiger partial charge in [-0.1, -0.05) is 5.21 Å². The maximum absolute atomic E-state index is 11.0. The van der Waals surface area contributed by atoms with Gasteiger partial charge in [0.25, 0.3) is 0 Å². The van der Waals surface area contributed by atoms with Gasteiger partial charge in [0.2, 0.25) is 5.91 Å². The van der Waals surface area contributed by atoms with Crippen molar-refractivity contribution in [3.8, 4) is 0 Å². The van der Waals surface area contributed by atoms with Gasteiger partial charge in [0.1, 0.15) is 0 Å². The van der Waals surface area contributed by atoms with E-state index in [2.05, 4.69) is 10.3 Å². The van der Waals surface area contributed by atoms with E-state index in [4.69, 9.17) is 10.8 Å². The van der Waals surface area contributed by atoms with Crippen molar-refractivity contribution in [2.24, 2.45) is 11.7 Å². The van der Waals surface area contributed by atoms with Crippen molar-refractivity contribution in [3.05, 3.63) is 11.9 Å². The Labute approximate surface area is 97.6 Å². The molecule has 0 aromatic carbocycles. The fourth-order valence-electron chi connectivity index (χ4n) is 2.23. The Kier molecular flexibility index (Phi) is 3.08. The van der Waals surface area contributed by atoms with Gasteiger partial charge >= 0.3 is 6.09 Å². The molecule has 1 aliphatic rings. The van der Waals surface area contributed by atoms with E-state index < -0.39 is 6.09 Å². The molecule has 1 aromatic heterocycles. The first kappa shape index (κ1) is 11.6. The van der Waals surface area contributed by atoms with Crippen LogP contribution in [0.4, 0.5) is 4.79 Å². The van der Waals surface area contributed by atoms with Crippen LogP contribution in [0.1, 0.15) is 37.3 Å². The third-order valence-corrected chi connectivity index (χ3v) is 3.25. The van der Waals surface area contributed by atoms with Gasteiger partial charge in [-0.15, -0.1) is 5.10 Å². The molecule has 17 heavy (non-hydrogen) atoms. The number of nitrogens with two attached hydrogens (primary N) is 1. The van der Waals surface area contributed by atoms with E-state index in [1.54, 1.807) is 0 Å². The molecule has 0 unspecified atom stereocenters. The molecule has 1 aliphatic carbocycles. The zero-order valence-corrected chi connectivity index (χ0v) is 9.24. The van der Waals surface area contributed by atoms with Crippen LogP contribution < -0.4 is 5.73 Å². The van der Waals surface area contributed by atoms with Crippen LogP contribution >= 0.6 is 0 Å². The number of nitrogens with zero attached hydrogens (tertiary/aromatic N) is 3. The molecule has 92 valence electrons. The minimum absolute atomic E-state index is 0.0548. The Morgan fingerprint density at radius 3 is 2.47 bits per heavy atom. The number of primary amides is 1. The van der Waals surface area contributed by atoms with Crippen molar-refractivity contribution in [1.82, 2.24) is 15.0 Å². The van der Waals surface area contributed by atoms with Crippen LogP contribution in [0.25, 0.3) is 0 Å². The molecule has 7 heteroatoms. The van der Waals surface area contributed by atoms with Crippen LogP contribution in [0.15, 0.2) is 6.20 Å². The largest absolute Gasteiger partial charge is 0.463 e. The number of hydrogen-bond donors (Lipinski definition) is 2. The summed E-state index contributed by atoms with van der Waals surface area (Å²) >= 11 is 0. The van der Waals surface area contributed by atoms with Crippen LogP contribution in [-0.2, 0) is 4.79 Å². The van der Waals surface area contributed by atoms with Gasteiger partial charge in [0.05, 0.1) is 11.9 Å². The highest BCUT2D eigenvalue weighted by Crippen LogP contribution is 2.34. The van der Waals surface area contributed by atoms with Crippen LogP contribution in [0.3, 0.4) is 0 Å². The quantitative estimate of drug-likeness (QED) is 0.782. The summed E-state index contributed by atoms with van der Waals surface area (Å²) in [5, 5.41) is 16.1. The molecule has 1 heterocycles. The van der Waals surface area contributed by atoms with Crippen molar-refractivity contribution in [3.63, 3.8) is 0 Å². The average molecular weight is 238 g/mol. The number of carbonyl (C=O) groups is 2. The molecule has 1 saturated carbocycles. The molecule has 1 fully saturated rings. The third kappa shape index (κ3) is 2.43. The lowest BCUT2D eigenvalue weighted by Gasteiger charge is -2.24. The molecule has 0 spiro atoms. The number of amides is 1. The van der Waals surface area contributed by atoms with Crippen LogP contribution in [-0.4, -0.2) is 32.1 Å². The number of hydrogen-bond acceptors (Lipinski definition) is 4. The van der Waals surface area contributed by atoms with E-state index in [0.29, 0.717) is 5.69 Å². The molecular formula is C10H14N4O3. The highest BCUT2D eigenvalue weighted by atomic mass is 16.4. The van der Waals surface area contributed by atoms with Crippen molar-refractivity contribution in [2.75, 3.05) is 0 Å². The molecule has 2 rings (SSSR count). The number of aromatic nitrogens is 3. The van der Waals surface area contributed by atoms with Crippen LogP contribution in [0.2, 0.25) is 0 Å². The normalized spacial score (nSPS) is 24.5. The molecule has 1 aromatic rings. The molecule has 0 saturated heterocycles. The zero-order valence-electron chi connectivity index (χ0n) is 9.24. The second kappa shape index (κ2) is 4.52. The topological polar surface area (TPSA) is 111 Å². The molecule has 3 N–H and O–H groups in total. The average Bonchev–Trinajstić information content (AvgIpc) is 2.78. The Bertz CT molecular complexity index is 435. The summed E-state index contributed by atoms with van der Waals surface area (Å²) in [6, 6.07) is 0. The van der Waals surface area contributed by atoms with E-state index in [9.17, 15) is 9.59 Å². The monoisotopic (exact) mass is 238 g/mol. The third-order valence-electron chi connectivity index (χ3n) is 3.25. The molecule has 0 atom stereocenters. The molecular weight excluding hydrogens is 224 g/mol. The molecule has 0 bridgehead atoms. The zero-order chi connectivity index (χ0) is 12.4. The van der Waals surface area contributed by atoms with Crippen LogP contribution in [0.5, 0.6) is 0 Å². The molecule has 0 radical (unpaired) electrons. The van der Waals surface area contributed by atoms with Gasteiger partial charge in [-0.25, -0.2) is 4.79 Å². The van der Waals surface area contributed by atoms with E-state index in [0.717, 1.165) is 30.4 Å². The maximum atomic E-state index is 11.0. The fraction of sp³-hybridized carbons (Fsp3) is 0.600. The molecule has 0 aliphatic heterocycles. The second-order valence-electron chi connectivity index (χ2n) is 4.32. The first-order valence-corrected chi connectivity index (χ1v) is 5.52. The highest BCUT2D eigenvalue weighted by Gasteiger charge is 2.27. The summed E-state index contributed by atoms with van der Waals surface area (Å²) < 4.78 is 0.801. The first-order chi connectivity index (χ1) is 8.08. The lowest BCUT2D eigenvalue weighted by atomic mass is 9.80. The summed E-state index contributed by atoms with van der Waals surface area (Å²) in [5.41, 5.74) is 5.92. The van der Waals surface area contributed by atoms with Crippen molar-refractivity contribution < 1.29 is 14.7 Å². The smallest absolute Gasteiger partial charge is 0.433 e. The summed E-state index contributed by atoms with van der Waals surface area (Å²) in [5.74, 6) is -0.128. The van der Waals surface area contributed by atoms with E-state index in [1.807, 2.05) is 0 Å². The van der Waals surface area contributed by atoms with E-state index in [-0.39, 0.29) is 17.7 Å². The Morgan fingerprint density at radius 1 is 1.35 bits per heavy atom. The maximum Gasteiger partial charge on any atom is 0.433 e. The fourth-order valence-corrected chi connectivity index (χ4v) is 2.23. The Hall–Kier alpha value is -1.92. The van der Waals surface area contributed by atoms with Gasteiger partial charge < -0.3 is 10.8 Å². The summed E-state index contributed by atoms with van der Waals surface area (Å²) in [4.78, 5) is 21.6. The van der Waals surface area contributed by atoms with Gasteiger partial charge in [-0.05, 0) is 25.7 Å². The number of rotatable bonds is 2. The lowest BCUT2D eigenvalue weighted by molar-refractivity contribution is -0.122. The van der Waals surface area contributed by atoms with Gasteiger partial charge in [-0.3, -0.25) is 4.79 Å². The van der Waals surface area contributed by atoms with E-state index >= 15 is 0 Å². The summed E-state index contributed by atoms with van der Waals surface area (Å²) in [7, 11) is 0. The Morgan fingerprint density at radius 2 is 2.00 bits per heavy atom. The second-order valence-corrected chi connectivity index (χ2v) is 4.32. The number of carbonyl (C=O) groups excluding carboxylic acids is 1. The lowest BCUT2D eigenvalue weighted by Crippen LogP contribution is -2.27. The number of carboxylic acid groups (broad SMARTS) is 1. The summed E-state index contributed by atoms with van der Waals surface area (Å²) in [6.45, 7) is 0. The van der Waals surface area contributed by atoms with Gasteiger partial charge in [-0.2, -0.15) is 4.68 Å². The molecule has 1 amide bonds. The SMILES string of the molecule is NC(=O)C1CCC(c2cn(C(=O)O)nn2)CC1. The highest BCUT2D eigenvalue weighted by molar-refractivity contribution is 5.76. The molecule has 7 nitrogen and oxygen atoms in total. The van der Waals surface area contributed by atoms with Crippen molar-refractivity contribution >= 4 is 12.0 Å². The van der Waals surface area contributed by atoms with Crippen molar-refractivity contribution in [1.29, 1.82) is 0 Å². The van der Waals surface area contributed by atoms with Gasteiger partial charge in [0, 0.05) is 11.8 Å². The minimum atomic E-state index is -1.14. The summed E-state index contributed by atoms with van der Waals surface area (Å²) in [6.07, 6.45) is 3.35. The van der Waals surface area contributed by atoms with Crippen LogP contribution in [0, 0.1) is 5.92 Å². The predicted octanol–water partition coefficient (Wildman–Crippen LogP) is 0.563.